The van der Waals surface area contributed by atoms with E-state index in [-0.39, 0.29) is 47.8 Å². The summed E-state index contributed by atoms with van der Waals surface area (Å²) in [4.78, 5) is 30.5. The molecule has 0 radical (unpaired) electrons. The lowest BCUT2D eigenvalue weighted by Crippen LogP contribution is -2.67. The van der Waals surface area contributed by atoms with Gasteiger partial charge in [-0.2, -0.15) is 0 Å². The van der Waals surface area contributed by atoms with Gasteiger partial charge in [0.2, 0.25) is 11.8 Å². The molecule has 5 aromatic carbocycles. The number of amides is 2. The van der Waals surface area contributed by atoms with Gasteiger partial charge in [0.25, 0.3) is 8.32 Å². The Morgan fingerprint density at radius 2 is 1.42 bits per heavy atom. The highest BCUT2D eigenvalue weighted by molar-refractivity contribution is 14.1. The van der Waals surface area contributed by atoms with Gasteiger partial charge in [-0.25, -0.2) is 0 Å². The Morgan fingerprint density at radius 1 is 0.842 bits per heavy atom. The normalized spacial score (nSPS) is 24.6. The van der Waals surface area contributed by atoms with Crippen LogP contribution in [0.15, 0.2) is 127 Å². The van der Waals surface area contributed by atoms with Gasteiger partial charge in [0.15, 0.2) is 17.3 Å². The lowest BCUT2D eigenvalue weighted by molar-refractivity contribution is -0.273. The van der Waals surface area contributed by atoms with Crippen LogP contribution in [0, 0.1) is 27.2 Å². The number of aliphatic hydroxyl groups is 1. The zero-order chi connectivity index (χ0) is 40.1. The van der Waals surface area contributed by atoms with Crippen LogP contribution in [0.3, 0.4) is 0 Å². The fraction of sp³-hybridized carbons (Fsp3) is 0.304. The number of rotatable bonds is 10. The highest BCUT2D eigenvalue weighted by Gasteiger charge is 2.67. The van der Waals surface area contributed by atoms with E-state index in [4.69, 9.17) is 13.9 Å². The first-order valence-corrected chi connectivity index (χ1v) is 22.4. The number of ether oxygens (including phenoxy) is 2. The Morgan fingerprint density at radius 3 is 2.00 bits per heavy atom. The third-order valence-electron chi connectivity index (χ3n) is 12.1. The molecule has 2 amide bonds. The van der Waals surface area contributed by atoms with E-state index in [0.717, 1.165) is 21.7 Å². The zero-order valence-electron chi connectivity index (χ0n) is 32.4. The third kappa shape index (κ3) is 6.86. The average molecular weight is 895 g/mol. The van der Waals surface area contributed by atoms with Crippen LogP contribution in [0.5, 0.6) is 11.5 Å². The van der Waals surface area contributed by atoms with Crippen LogP contribution >= 0.6 is 22.6 Å². The van der Waals surface area contributed by atoms with Gasteiger partial charge in [0.05, 0.1) is 34.3 Å². The number of benzene rings is 5. The third-order valence-corrected chi connectivity index (χ3v) is 17.9. The molecular weight excluding hydrogens is 848 g/mol. The smallest absolute Gasteiger partial charge is 0.261 e. The predicted octanol–water partition coefficient (Wildman–Crippen LogP) is 7.92. The number of hydrogen-bond acceptors (Lipinski definition) is 8. The lowest BCUT2D eigenvalue weighted by atomic mass is 9.64. The van der Waals surface area contributed by atoms with Gasteiger partial charge in [0, 0.05) is 29.8 Å². The van der Waals surface area contributed by atoms with Crippen molar-refractivity contribution in [2.24, 2.45) is 23.7 Å². The average Bonchev–Trinajstić information content (AvgIpc) is 3.69. The summed E-state index contributed by atoms with van der Waals surface area (Å²) in [6, 6.07) is 41.2. The second-order valence-corrected chi connectivity index (χ2v) is 21.8. The van der Waals surface area contributed by atoms with Crippen LogP contribution in [0.4, 0.5) is 17.1 Å². The molecule has 9 nitrogen and oxygen atoms in total. The van der Waals surface area contributed by atoms with E-state index in [1.165, 1.54) is 12.0 Å². The maximum Gasteiger partial charge on any atom is 0.261 e. The zero-order valence-corrected chi connectivity index (χ0v) is 35.6. The molecule has 3 N–H and O–H groups in total. The first-order valence-electron chi connectivity index (χ1n) is 19.4. The second-order valence-electron chi connectivity index (χ2n) is 16.3. The number of phenols is 1. The van der Waals surface area contributed by atoms with Crippen molar-refractivity contribution in [3.05, 3.63) is 137 Å². The lowest BCUT2D eigenvalue weighted by Gasteiger charge is -2.48. The van der Waals surface area contributed by atoms with Gasteiger partial charge in [0.1, 0.15) is 0 Å². The molecule has 3 fully saturated rings. The van der Waals surface area contributed by atoms with Gasteiger partial charge < -0.3 is 29.4 Å². The Labute approximate surface area is 348 Å². The molecular formula is C46H47IN2O7Si. The van der Waals surface area contributed by atoms with E-state index in [2.05, 4.69) is 50.4 Å². The number of hydrogen-bond donors (Lipinski definition) is 3. The van der Waals surface area contributed by atoms with E-state index in [1.807, 2.05) is 108 Å². The number of fused-ring (bicyclic) bond motifs is 3. The fourth-order valence-corrected chi connectivity index (χ4v) is 14.7. The number of carbonyl (C=O) groups is 2. The van der Waals surface area contributed by atoms with Gasteiger partial charge in [-0.05, 0) is 105 Å². The van der Waals surface area contributed by atoms with Crippen LogP contribution in [-0.2, 0) is 18.8 Å². The molecule has 8 rings (SSSR count). The monoisotopic (exact) mass is 894 g/mol. The summed E-state index contributed by atoms with van der Waals surface area (Å²) >= 11 is 2.05. The molecule has 294 valence electrons. The maximum atomic E-state index is 14.6. The van der Waals surface area contributed by atoms with Crippen LogP contribution < -0.4 is 25.3 Å². The van der Waals surface area contributed by atoms with Gasteiger partial charge in [-0.15, -0.1) is 0 Å². The van der Waals surface area contributed by atoms with E-state index in [9.17, 15) is 19.8 Å². The number of imide groups is 1. The molecule has 0 spiro atoms. The Balaban J connectivity index is 1.17. The molecule has 57 heavy (non-hydrogen) atoms. The maximum absolute atomic E-state index is 14.6. The second kappa shape index (κ2) is 15.3. The van der Waals surface area contributed by atoms with Crippen molar-refractivity contribution in [2.45, 2.75) is 50.5 Å². The summed E-state index contributed by atoms with van der Waals surface area (Å²) in [6.45, 7) is 6.71. The fourth-order valence-electron chi connectivity index (χ4n) is 9.44. The summed E-state index contributed by atoms with van der Waals surface area (Å²) < 4.78 is 20.2. The summed E-state index contributed by atoms with van der Waals surface area (Å²) in [5, 5.41) is 28.9. The Bertz CT molecular complexity index is 2220. The van der Waals surface area contributed by atoms with Crippen molar-refractivity contribution in [2.75, 3.05) is 23.9 Å². The van der Waals surface area contributed by atoms with Crippen LogP contribution in [0.25, 0.3) is 0 Å². The molecule has 2 heterocycles. The predicted molar refractivity (Wildman–Crippen MR) is 232 cm³/mol. The quantitative estimate of drug-likeness (QED) is 0.0737. The summed E-state index contributed by atoms with van der Waals surface area (Å²) in [6.07, 6.45) is -0.157. The van der Waals surface area contributed by atoms with Gasteiger partial charge in [-0.1, -0.05) is 99.6 Å². The molecule has 0 aromatic heterocycles. The van der Waals surface area contributed by atoms with Crippen LogP contribution in [0.2, 0.25) is 5.04 Å². The first-order chi connectivity index (χ1) is 27.4. The molecule has 11 heteroatoms. The number of phenolic OH excluding ortho intramolecular Hbond substituents is 1. The number of nitrogens with zero attached hydrogens (tertiary/aromatic N) is 1. The number of halogens is 1. The number of para-hydroxylation sites is 1. The molecule has 3 aliphatic rings. The Hall–Kier alpha value is -4.53. The van der Waals surface area contributed by atoms with E-state index >= 15 is 0 Å². The molecule has 2 saturated heterocycles. The topological polar surface area (TPSA) is 118 Å². The number of methoxy groups -OCH3 is 1. The largest absolute Gasteiger partial charge is 0.504 e. The van der Waals surface area contributed by atoms with E-state index in [0.29, 0.717) is 14.8 Å². The van der Waals surface area contributed by atoms with Crippen LogP contribution in [0.1, 0.15) is 45.3 Å². The van der Waals surface area contributed by atoms with Crippen LogP contribution in [-0.4, -0.2) is 49.8 Å². The van der Waals surface area contributed by atoms with Crippen molar-refractivity contribution >= 4 is 70.2 Å². The molecule has 0 bridgehead atoms. The van der Waals surface area contributed by atoms with Gasteiger partial charge >= 0.3 is 0 Å². The van der Waals surface area contributed by atoms with Crippen molar-refractivity contribution in [1.82, 2.24) is 0 Å². The van der Waals surface area contributed by atoms with Crippen molar-refractivity contribution in [1.29, 1.82) is 0 Å². The van der Waals surface area contributed by atoms with Gasteiger partial charge in [-0.3, -0.25) is 14.5 Å². The molecule has 6 atom stereocenters. The minimum absolute atomic E-state index is 0.0183. The molecule has 1 saturated carbocycles. The van der Waals surface area contributed by atoms with Crippen molar-refractivity contribution in [3.63, 3.8) is 0 Å². The molecule has 0 unspecified atom stereocenters. The molecule has 1 aliphatic carbocycles. The van der Waals surface area contributed by atoms with E-state index in [1.54, 1.807) is 18.2 Å². The number of aromatic hydroxyl groups is 1. The summed E-state index contributed by atoms with van der Waals surface area (Å²) in [5.74, 6) is -4.98. The SMILES string of the molecule is COc1cc([C@@H]2C[C@H]3[C@H]4C(=O)N(c5ccc(Nc6ccccc6)cc5)C(=O)[C@H]4C[C@H](CO[Si](c4ccccc4)(c4ccccc4)C(C)(C)C)[C@@]3(O)O2)cc(I)c1O. The highest BCUT2D eigenvalue weighted by atomic mass is 127. The first kappa shape index (κ1) is 39.3. The minimum Gasteiger partial charge on any atom is -0.504 e. The number of anilines is 3. The standard InChI is InChI=1S/C46H47IN2O7Si/c1-45(2,3)57(34-16-10-6-11-17-34,35-18-12-7-13-19-35)55-28-30-26-36-41(37-27-39(56-46(30,37)53)29-24-38(47)42(50)40(25-29)54-4)44(52)49(43(36)51)33-22-20-32(21-23-33)48-31-14-8-5-9-15-31/h5-25,30,36-37,39,41,48,50,53H,26-28H2,1-4H3/t30-,36+,37+,39+,41+,46-/m1/s1. The van der Waals surface area contributed by atoms with Crippen molar-refractivity contribution in [3.8, 4) is 11.5 Å². The number of nitrogens with one attached hydrogen (secondary N) is 1. The highest BCUT2D eigenvalue weighted by Crippen LogP contribution is 2.59. The summed E-state index contributed by atoms with van der Waals surface area (Å²) in [5.41, 5.74) is 2.93. The molecule has 5 aromatic rings. The van der Waals surface area contributed by atoms with Crippen molar-refractivity contribution < 1.29 is 33.7 Å². The number of carbonyl (C=O) groups excluding carboxylic acids is 2. The molecule has 2 aliphatic heterocycles. The minimum atomic E-state index is -3.06. The Kier molecular flexibility index (Phi) is 10.6. The van der Waals surface area contributed by atoms with E-state index < -0.39 is 43.9 Å². The summed E-state index contributed by atoms with van der Waals surface area (Å²) in [7, 11) is -1.57.